The lowest BCUT2D eigenvalue weighted by molar-refractivity contribution is -0.158. The van der Waals surface area contributed by atoms with Gasteiger partial charge in [0.05, 0.1) is 0 Å². The molecule has 5 rings (SSSR count). The number of nitrogens with zero attached hydrogens (tertiary/aromatic N) is 3. The number of allylic oxidation sites excluding steroid dienone is 1. The predicted octanol–water partition coefficient (Wildman–Crippen LogP) is 2.28. The van der Waals surface area contributed by atoms with E-state index in [1.54, 1.807) is 0 Å². The summed E-state index contributed by atoms with van der Waals surface area (Å²) < 4.78 is 34.1. The molecule has 0 unspecified atom stereocenters. The number of rotatable bonds is 7. The van der Waals surface area contributed by atoms with Crippen molar-refractivity contribution in [2.75, 3.05) is 26.7 Å². The van der Waals surface area contributed by atoms with Crippen LogP contribution in [0.4, 0.5) is 8.78 Å². The first-order chi connectivity index (χ1) is 26.7. The van der Waals surface area contributed by atoms with Gasteiger partial charge < -0.3 is 35.4 Å². The number of fused-ring (bicyclic) bond motifs is 2. The van der Waals surface area contributed by atoms with Gasteiger partial charge in [0.15, 0.2) is 0 Å². The molecule has 4 aliphatic rings. The molecule has 6 amide bonds. The maximum absolute atomic E-state index is 14.3. The second-order valence-corrected chi connectivity index (χ2v) is 15.4. The summed E-state index contributed by atoms with van der Waals surface area (Å²) in [5.74, 6) is -6.35. The van der Waals surface area contributed by atoms with Crippen molar-refractivity contribution in [2.45, 2.75) is 127 Å². The molecule has 1 aromatic carbocycles. The fourth-order valence-electron chi connectivity index (χ4n) is 8.02. The number of likely N-dealkylation sites (N-methyl/N-ethyl adjacent to an activating group) is 1. The minimum Gasteiger partial charge on any atom is -0.461 e. The Morgan fingerprint density at radius 3 is 2.11 bits per heavy atom. The van der Waals surface area contributed by atoms with Crippen molar-refractivity contribution < 1.29 is 47.1 Å². The lowest BCUT2D eigenvalue weighted by atomic mass is 9.91. The van der Waals surface area contributed by atoms with Gasteiger partial charge in [-0.15, -0.1) is 0 Å². The summed E-state index contributed by atoms with van der Waals surface area (Å²) in [4.78, 5) is 99.4. The number of cyclic esters (lactones) is 1. The number of carbonyl (C=O) groups excluding carboxylic acids is 7. The van der Waals surface area contributed by atoms with Gasteiger partial charge in [0.1, 0.15) is 54.5 Å². The van der Waals surface area contributed by atoms with E-state index in [1.807, 2.05) is 6.08 Å². The summed E-state index contributed by atoms with van der Waals surface area (Å²) in [5, 5.41) is 7.86. The number of esters is 1. The maximum Gasteiger partial charge on any atom is 0.328 e. The number of carbonyl (C=O) groups is 7. The lowest BCUT2D eigenvalue weighted by Gasteiger charge is -2.34. The number of hydrogen-bond donors (Lipinski definition) is 3. The van der Waals surface area contributed by atoms with E-state index < -0.39 is 95.9 Å². The van der Waals surface area contributed by atoms with Crippen LogP contribution in [0.25, 0.3) is 0 Å². The molecule has 3 heterocycles. The Labute approximate surface area is 326 Å². The van der Waals surface area contributed by atoms with Crippen LogP contribution in [0.3, 0.4) is 0 Å². The fourth-order valence-corrected chi connectivity index (χ4v) is 8.02. The number of nitrogens with one attached hydrogen (secondary N) is 3. The first-order valence-corrected chi connectivity index (χ1v) is 19.8. The minimum atomic E-state index is -1.56. The van der Waals surface area contributed by atoms with E-state index in [2.05, 4.69) is 16.0 Å². The summed E-state index contributed by atoms with van der Waals surface area (Å²) in [6.07, 6.45) is 11.6. The number of ether oxygens (including phenoxy) is 1. The third-order valence-corrected chi connectivity index (χ3v) is 11.3. The lowest BCUT2D eigenvalue weighted by Crippen LogP contribution is -2.60. The Balaban J connectivity index is 1.43. The Morgan fingerprint density at radius 1 is 0.839 bits per heavy atom. The van der Waals surface area contributed by atoms with Crippen LogP contribution in [-0.2, 0) is 44.7 Å². The van der Waals surface area contributed by atoms with Gasteiger partial charge in [-0.05, 0) is 82.1 Å². The van der Waals surface area contributed by atoms with Gasteiger partial charge in [0.2, 0.25) is 35.4 Å². The van der Waals surface area contributed by atoms with Gasteiger partial charge in [0.25, 0.3) is 0 Å². The summed E-state index contributed by atoms with van der Waals surface area (Å²) in [7, 11) is 1.43. The highest BCUT2D eigenvalue weighted by Gasteiger charge is 2.43. The molecule has 3 saturated heterocycles. The van der Waals surface area contributed by atoms with Crippen molar-refractivity contribution >= 4 is 41.4 Å². The quantitative estimate of drug-likeness (QED) is 0.279. The zero-order chi connectivity index (χ0) is 40.5. The normalized spacial score (nSPS) is 26.9. The van der Waals surface area contributed by atoms with Gasteiger partial charge in [-0.25, -0.2) is 13.6 Å². The standard InChI is InChI=1S/C40H54F2N6O8/c1-24-37(52)48-18-10-14-33(48)40(55)56-23-31(38(53)47-17-9-13-32(47)39(54)46(3)25(2)35(50)43-24)45-36(51)30(21-27-19-28(41)22-29(42)20-27)44-34(49)16-15-26-11-7-5-4-6-8-12-26/h15-16,19-20,22,24-26,30-33H,4-14,17-18,21,23H2,1-3H3,(H,43,50)(H,44,49)(H,45,51)/t24-,25-,30-,31-,32-,33-/m0/s1. The number of benzene rings is 1. The predicted molar refractivity (Wildman–Crippen MR) is 199 cm³/mol. The molecule has 4 fully saturated rings. The van der Waals surface area contributed by atoms with Crippen LogP contribution in [-0.4, -0.2) is 119 Å². The van der Waals surface area contributed by atoms with E-state index in [0.717, 1.165) is 50.7 Å². The highest BCUT2D eigenvalue weighted by Crippen LogP contribution is 2.25. The van der Waals surface area contributed by atoms with Crippen molar-refractivity contribution in [1.29, 1.82) is 0 Å². The van der Waals surface area contributed by atoms with Crippen molar-refractivity contribution in [1.82, 2.24) is 30.7 Å². The van der Waals surface area contributed by atoms with Crippen molar-refractivity contribution in [3.8, 4) is 0 Å². The van der Waals surface area contributed by atoms with Crippen LogP contribution in [0.2, 0.25) is 0 Å². The minimum absolute atomic E-state index is 0.0642. The van der Waals surface area contributed by atoms with Gasteiger partial charge in [0, 0.05) is 32.6 Å². The van der Waals surface area contributed by atoms with E-state index in [-0.39, 0.29) is 43.8 Å². The molecule has 16 heteroatoms. The summed E-state index contributed by atoms with van der Waals surface area (Å²) >= 11 is 0. The largest absolute Gasteiger partial charge is 0.461 e. The number of hydrogen-bond acceptors (Lipinski definition) is 8. The fraction of sp³-hybridized carbons (Fsp3) is 0.625. The molecule has 1 aromatic rings. The molecule has 3 aliphatic heterocycles. The SMILES string of the molecule is C[C@@H]1NC(=O)[C@H](C)N(C)C(=O)[C@@H]2CCCN2C(=O)[C@@H](NC(=O)[C@H](Cc2cc(F)cc(F)c2)NC(=O)C=CC2CCCCCCC2)COC(=O)[C@@H]2CCCN2C1=O. The zero-order valence-electron chi connectivity index (χ0n) is 32.4. The highest BCUT2D eigenvalue weighted by atomic mass is 19.1. The first kappa shape index (κ1) is 42.3. The van der Waals surface area contributed by atoms with E-state index in [9.17, 15) is 42.3 Å². The molecule has 0 spiro atoms. The average molecular weight is 785 g/mol. The van der Waals surface area contributed by atoms with E-state index in [4.69, 9.17) is 4.74 Å². The molecule has 6 atom stereocenters. The van der Waals surface area contributed by atoms with Crippen LogP contribution in [0.1, 0.15) is 90.0 Å². The third kappa shape index (κ3) is 10.7. The molecule has 306 valence electrons. The summed E-state index contributed by atoms with van der Waals surface area (Å²) in [5.41, 5.74) is 0.0642. The second-order valence-electron chi connectivity index (χ2n) is 15.4. The van der Waals surface area contributed by atoms with Crippen LogP contribution in [0.15, 0.2) is 30.4 Å². The summed E-state index contributed by atoms with van der Waals surface area (Å²) in [6, 6.07) is -4.30. The maximum atomic E-state index is 14.3. The Morgan fingerprint density at radius 2 is 1.45 bits per heavy atom. The van der Waals surface area contributed by atoms with Gasteiger partial charge >= 0.3 is 5.97 Å². The molecule has 1 saturated carbocycles. The Hall–Kier alpha value is -4.89. The topological polar surface area (TPSA) is 175 Å². The smallest absolute Gasteiger partial charge is 0.328 e. The molecule has 56 heavy (non-hydrogen) atoms. The first-order valence-electron chi connectivity index (χ1n) is 19.8. The third-order valence-electron chi connectivity index (χ3n) is 11.3. The molecule has 0 radical (unpaired) electrons. The molecule has 3 N–H and O–H groups in total. The van der Waals surface area contributed by atoms with Crippen molar-refractivity contribution in [2.24, 2.45) is 5.92 Å². The molecule has 0 bridgehead atoms. The molecular formula is C40H54F2N6O8. The molecule has 1 aliphatic carbocycles. The number of amides is 6. The molecule has 0 aromatic heterocycles. The molecular weight excluding hydrogens is 730 g/mol. The van der Waals surface area contributed by atoms with Gasteiger partial charge in [-0.3, -0.25) is 28.8 Å². The van der Waals surface area contributed by atoms with Crippen molar-refractivity contribution in [3.63, 3.8) is 0 Å². The highest BCUT2D eigenvalue weighted by molar-refractivity contribution is 5.98. The average Bonchev–Trinajstić information content (AvgIpc) is 3.84. The van der Waals surface area contributed by atoms with Gasteiger partial charge in [-0.2, -0.15) is 0 Å². The van der Waals surface area contributed by atoms with Gasteiger partial charge in [-0.1, -0.05) is 38.2 Å². The van der Waals surface area contributed by atoms with E-state index in [1.165, 1.54) is 48.1 Å². The number of halogens is 2. The Bertz CT molecular complexity index is 1660. The summed E-state index contributed by atoms with van der Waals surface area (Å²) in [6.45, 7) is 2.66. The van der Waals surface area contributed by atoms with E-state index >= 15 is 0 Å². The Kier molecular flexibility index (Phi) is 14.6. The van der Waals surface area contributed by atoms with Crippen LogP contribution in [0, 0.1) is 17.6 Å². The van der Waals surface area contributed by atoms with Crippen LogP contribution >= 0.6 is 0 Å². The van der Waals surface area contributed by atoms with Crippen molar-refractivity contribution in [3.05, 3.63) is 47.5 Å². The monoisotopic (exact) mass is 784 g/mol. The van der Waals surface area contributed by atoms with E-state index in [0.29, 0.717) is 18.9 Å². The molecule has 14 nitrogen and oxygen atoms in total. The van der Waals surface area contributed by atoms with Crippen LogP contribution in [0.5, 0.6) is 0 Å². The van der Waals surface area contributed by atoms with Crippen LogP contribution < -0.4 is 16.0 Å². The zero-order valence-corrected chi connectivity index (χ0v) is 32.4. The second kappa shape index (κ2) is 19.3.